The van der Waals surface area contributed by atoms with Gasteiger partial charge in [-0.05, 0) is 82.8 Å². The molecule has 0 spiro atoms. The van der Waals surface area contributed by atoms with Gasteiger partial charge in [-0.25, -0.2) is 0 Å². The van der Waals surface area contributed by atoms with Crippen molar-refractivity contribution in [1.82, 2.24) is 5.32 Å². The van der Waals surface area contributed by atoms with Gasteiger partial charge in [0.2, 0.25) is 0 Å². The summed E-state index contributed by atoms with van der Waals surface area (Å²) in [5.41, 5.74) is 3.96. The van der Waals surface area contributed by atoms with Gasteiger partial charge in [-0.15, -0.1) is 24.8 Å². The van der Waals surface area contributed by atoms with Crippen LogP contribution in [-0.2, 0) is 0 Å². The zero-order valence-electron chi connectivity index (χ0n) is 14.1. The zero-order chi connectivity index (χ0) is 14.5. The maximum Gasteiger partial charge on any atom is 0.143 e. The van der Waals surface area contributed by atoms with Gasteiger partial charge in [0.05, 0.1) is 11.8 Å². The van der Waals surface area contributed by atoms with Crippen LogP contribution < -0.4 is 15.4 Å². The lowest BCUT2D eigenvalue weighted by Gasteiger charge is -2.26. The van der Waals surface area contributed by atoms with E-state index in [1.807, 2.05) is 0 Å². The molecule has 1 aliphatic rings. The normalized spacial score (nSPS) is 15.0. The number of hydrogen-bond acceptors (Lipinski definition) is 3. The summed E-state index contributed by atoms with van der Waals surface area (Å²) in [5, 5.41) is 6.85. The summed E-state index contributed by atoms with van der Waals surface area (Å²) in [6.45, 7) is 11.7. The van der Waals surface area contributed by atoms with Gasteiger partial charge in [-0.1, -0.05) is 0 Å². The van der Waals surface area contributed by atoms with Crippen LogP contribution in [0.15, 0.2) is 12.1 Å². The van der Waals surface area contributed by atoms with Gasteiger partial charge >= 0.3 is 0 Å². The highest BCUT2D eigenvalue weighted by Crippen LogP contribution is 2.35. The lowest BCUT2D eigenvalue weighted by molar-refractivity contribution is 0.243. The van der Waals surface area contributed by atoms with E-state index in [0.717, 1.165) is 31.1 Å². The van der Waals surface area contributed by atoms with E-state index in [1.165, 1.54) is 24.0 Å². The Morgan fingerprint density at radius 3 is 2.41 bits per heavy atom. The highest BCUT2D eigenvalue weighted by molar-refractivity contribution is 5.85. The Balaban J connectivity index is 0.00000220. The van der Waals surface area contributed by atoms with E-state index in [0.29, 0.717) is 5.92 Å². The second-order valence-electron chi connectivity index (χ2n) is 5.93. The summed E-state index contributed by atoms with van der Waals surface area (Å²) < 4.78 is 6.01. The maximum absolute atomic E-state index is 6.01. The van der Waals surface area contributed by atoms with Crippen molar-refractivity contribution < 1.29 is 4.74 Å². The first kappa shape index (κ1) is 21.4. The fraction of sp³-hybridized carbons (Fsp3) is 0.647. The molecule has 1 saturated heterocycles. The van der Waals surface area contributed by atoms with Crippen LogP contribution in [0.4, 0.5) is 5.69 Å². The predicted molar refractivity (Wildman–Crippen MR) is 100 cm³/mol. The number of hydrogen-bond donors (Lipinski definition) is 2. The second kappa shape index (κ2) is 10.2. The van der Waals surface area contributed by atoms with E-state index in [2.05, 4.69) is 50.5 Å². The molecule has 0 radical (unpaired) electrons. The molecule has 0 saturated carbocycles. The van der Waals surface area contributed by atoms with Crippen LogP contribution in [0.2, 0.25) is 0 Å². The van der Waals surface area contributed by atoms with Crippen molar-refractivity contribution in [3.05, 3.63) is 23.3 Å². The summed E-state index contributed by atoms with van der Waals surface area (Å²) in [4.78, 5) is 0. The average molecular weight is 349 g/mol. The molecule has 1 fully saturated rings. The van der Waals surface area contributed by atoms with Crippen molar-refractivity contribution in [2.75, 3.05) is 25.0 Å². The molecule has 1 aromatic rings. The fourth-order valence-corrected chi connectivity index (χ4v) is 2.96. The molecule has 0 aromatic heterocycles. The van der Waals surface area contributed by atoms with Crippen molar-refractivity contribution in [2.45, 2.75) is 52.6 Å². The van der Waals surface area contributed by atoms with Crippen molar-refractivity contribution in [1.29, 1.82) is 0 Å². The molecule has 1 heterocycles. The van der Waals surface area contributed by atoms with Crippen molar-refractivity contribution >= 4 is 30.5 Å². The third kappa shape index (κ3) is 5.53. The number of rotatable bonds is 5. The zero-order valence-corrected chi connectivity index (χ0v) is 15.7. The molecular weight excluding hydrogens is 319 g/mol. The van der Waals surface area contributed by atoms with Crippen LogP contribution in [0.5, 0.6) is 5.75 Å². The van der Waals surface area contributed by atoms with E-state index in [-0.39, 0.29) is 30.9 Å². The number of anilines is 1. The molecule has 22 heavy (non-hydrogen) atoms. The van der Waals surface area contributed by atoms with E-state index < -0.39 is 0 Å². The standard InChI is InChI=1S/C17H28N2O.2ClH/c1-5-19-16-10-13(4)15(11-17(16)20-12(2)3)14-6-8-18-9-7-14;;/h10-12,14,18-19H,5-9H2,1-4H3;2*1H. The third-order valence-electron chi connectivity index (χ3n) is 3.88. The van der Waals surface area contributed by atoms with E-state index in [9.17, 15) is 0 Å². The minimum Gasteiger partial charge on any atom is -0.489 e. The lowest BCUT2D eigenvalue weighted by atomic mass is 9.87. The summed E-state index contributed by atoms with van der Waals surface area (Å²) in [7, 11) is 0. The van der Waals surface area contributed by atoms with Gasteiger partial charge in [-0.2, -0.15) is 0 Å². The van der Waals surface area contributed by atoms with Gasteiger partial charge in [0, 0.05) is 6.54 Å². The number of benzene rings is 1. The highest BCUT2D eigenvalue weighted by Gasteiger charge is 2.19. The number of aryl methyl sites for hydroxylation is 1. The quantitative estimate of drug-likeness (QED) is 0.820. The summed E-state index contributed by atoms with van der Waals surface area (Å²) in [6, 6.07) is 4.52. The first-order chi connectivity index (χ1) is 9.61. The summed E-state index contributed by atoms with van der Waals surface area (Å²) in [5.74, 6) is 1.67. The first-order valence-corrected chi connectivity index (χ1v) is 7.87. The summed E-state index contributed by atoms with van der Waals surface area (Å²) >= 11 is 0. The second-order valence-corrected chi connectivity index (χ2v) is 5.93. The molecule has 2 rings (SSSR count). The smallest absolute Gasteiger partial charge is 0.143 e. The Morgan fingerprint density at radius 1 is 1.23 bits per heavy atom. The molecular formula is C17H30Cl2N2O. The Hall–Kier alpha value is -0.640. The van der Waals surface area contributed by atoms with Gasteiger partial charge in [0.1, 0.15) is 5.75 Å². The van der Waals surface area contributed by atoms with Crippen molar-refractivity contribution in [3.8, 4) is 5.75 Å². The number of ether oxygens (including phenoxy) is 1. The molecule has 3 nitrogen and oxygen atoms in total. The van der Waals surface area contributed by atoms with Crippen LogP contribution in [0.3, 0.4) is 0 Å². The van der Waals surface area contributed by atoms with Gasteiger partial charge in [0.25, 0.3) is 0 Å². The van der Waals surface area contributed by atoms with Gasteiger partial charge in [0.15, 0.2) is 0 Å². The Bertz CT molecular complexity index is 447. The molecule has 0 atom stereocenters. The molecule has 0 unspecified atom stereocenters. The predicted octanol–water partition coefficient (Wildman–Crippen LogP) is 4.52. The van der Waals surface area contributed by atoms with Crippen LogP contribution in [0.25, 0.3) is 0 Å². The molecule has 0 amide bonds. The molecule has 2 N–H and O–H groups in total. The molecule has 0 bridgehead atoms. The maximum atomic E-state index is 6.01. The highest BCUT2D eigenvalue weighted by atomic mass is 35.5. The van der Waals surface area contributed by atoms with Crippen LogP contribution in [0.1, 0.15) is 50.7 Å². The monoisotopic (exact) mass is 348 g/mol. The third-order valence-corrected chi connectivity index (χ3v) is 3.88. The van der Waals surface area contributed by atoms with Crippen molar-refractivity contribution in [3.63, 3.8) is 0 Å². The molecule has 0 aliphatic carbocycles. The van der Waals surface area contributed by atoms with Crippen LogP contribution in [-0.4, -0.2) is 25.7 Å². The molecule has 128 valence electrons. The number of halogens is 2. The largest absolute Gasteiger partial charge is 0.489 e. The summed E-state index contributed by atoms with van der Waals surface area (Å²) in [6.07, 6.45) is 2.65. The Kier molecular flexibility index (Phi) is 9.90. The first-order valence-electron chi connectivity index (χ1n) is 7.87. The Labute approximate surface area is 147 Å². The van der Waals surface area contributed by atoms with Crippen molar-refractivity contribution in [2.24, 2.45) is 0 Å². The number of nitrogens with one attached hydrogen (secondary N) is 2. The van der Waals surface area contributed by atoms with Gasteiger partial charge < -0.3 is 15.4 Å². The molecule has 5 heteroatoms. The minimum absolute atomic E-state index is 0. The van der Waals surface area contributed by atoms with E-state index >= 15 is 0 Å². The Morgan fingerprint density at radius 2 is 1.86 bits per heavy atom. The van der Waals surface area contributed by atoms with Crippen LogP contribution >= 0.6 is 24.8 Å². The average Bonchev–Trinajstić information content (AvgIpc) is 2.42. The van der Waals surface area contributed by atoms with E-state index in [4.69, 9.17) is 4.74 Å². The molecule has 1 aliphatic heterocycles. The van der Waals surface area contributed by atoms with Gasteiger partial charge in [-0.3, -0.25) is 0 Å². The SMILES string of the molecule is CCNc1cc(C)c(C2CCNCC2)cc1OC(C)C.Cl.Cl. The van der Waals surface area contributed by atoms with E-state index in [1.54, 1.807) is 0 Å². The lowest BCUT2D eigenvalue weighted by Crippen LogP contribution is -2.27. The number of piperidine rings is 1. The molecule has 1 aromatic carbocycles. The van der Waals surface area contributed by atoms with Crippen LogP contribution in [0, 0.1) is 6.92 Å². The topological polar surface area (TPSA) is 33.3 Å². The fourth-order valence-electron chi connectivity index (χ4n) is 2.96. The minimum atomic E-state index is 0.